The Bertz CT molecular complexity index is 685. The minimum absolute atomic E-state index is 0.0298. The average molecular weight is 336 g/mol. The first-order valence-electron chi connectivity index (χ1n) is 7.50. The number of anilines is 1. The van der Waals surface area contributed by atoms with Gasteiger partial charge in [-0.25, -0.2) is 9.59 Å². The summed E-state index contributed by atoms with van der Waals surface area (Å²) in [5, 5.41) is 2.43. The monoisotopic (exact) mass is 336 g/mol. The highest BCUT2D eigenvalue weighted by molar-refractivity contribution is 5.84. The van der Waals surface area contributed by atoms with Gasteiger partial charge in [0.1, 0.15) is 17.3 Å². The number of hydrogen-bond acceptors (Lipinski definition) is 5. The predicted molar refractivity (Wildman–Crippen MR) is 91.2 cm³/mol. The lowest BCUT2D eigenvalue weighted by atomic mass is 10.1. The van der Waals surface area contributed by atoms with Gasteiger partial charge in [0.15, 0.2) is 0 Å². The van der Waals surface area contributed by atoms with Crippen molar-refractivity contribution in [2.75, 3.05) is 12.4 Å². The molecule has 0 aliphatic heterocycles. The molecule has 0 aromatic carbocycles. The van der Waals surface area contributed by atoms with Crippen molar-refractivity contribution in [1.82, 2.24) is 4.57 Å². The van der Waals surface area contributed by atoms with Gasteiger partial charge in [-0.3, -0.25) is 14.7 Å². The van der Waals surface area contributed by atoms with Crippen molar-refractivity contribution in [3.05, 3.63) is 40.8 Å². The molecule has 0 fully saturated rings. The first-order valence-corrected chi connectivity index (χ1v) is 7.50. The van der Waals surface area contributed by atoms with Crippen LogP contribution >= 0.6 is 0 Å². The Balaban J connectivity index is 3.24. The number of pyridine rings is 1. The van der Waals surface area contributed by atoms with Gasteiger partial charge in [-0.1, -0.05) is 6.08 Å². The van der Waals surface area contributed by atoms with E-state index in [2.05, 4.69) is 11.9 Å². The Morgan fingerprint density at radius 3 is 2.54 bits per heavy atom. The van der Waals surface area contributed by atoms with Crippen LogP contribution in [0.1, 0.15) is 38.8 Å². The summed E-state index contributed by atoms with van der Waals surface area (Å²) >= 11 is 0. The second-order valence-corrected chi connectivity index (χ2v) is 6.33. The van der Waals surface area contributed by atoms with Crippen LogP contribution in [0.2, 0.25) is 0 Å². The van der Waals surface area contributed by atoms with Gasteiger partial charge in [0.2, 0.25) is 0 Å². The van der Waals surface area contributed by atoms with E-state index in [-0.39, 0.29) is 12.1 Å². The van der Waals surface area contributed by atoms with Crippen LogP contribution < -0.4 is 10.9 Å². The van der Waals surface area contributed by atoms with E-state index in [9.17, 15) is 14.4 Å². The van der Waals surface area contributed by atoms with E-state index in [1.165, 1.54) is 30.0 Å². The summed E-state index contributed by atoms with van der Waals surface area (Å²) in [6, 6.07) is 0.671. The first-order chi connectivity index (χ1) is 11.1. The highest BCUT2D eigenvalue weighted by Crippen LogP contribution is 2.16. The number of hydrogen-bond donors (Lipinski definition) is 1. The number of amides is 1. The molecule has 132 valence electrons. The van der Waals surface area contributed by atoms with Crippen LogP contribution in [-0.2, 0) is 14.3 Å². The SMILES string of the molecule is C=CC[C@@H](C(=O)OC)n1cc(C)cc(NC(=O)OC(C)(C)C)c1=O. The molecular formula is C17H24N2O5. The summed E-state index contributed by atoms with van der Waals surface area (Å²) in [5.74, 6) is -0.564. The van der Waals surface area contributed by atoms with E-state index in [1.807, 2.05) is 0 Å². The maximum absolute atomic E-state index is 12.6. The van der Waals surface area contributed by atoms with Gasteiger partial charge in [-0.15, -0.1) is 6.58 Å². The Morgan fingerprint density at radius 2 is 2.04 bits per heavy atom. The summed E-state index contributed by atoms with van der Waals surface area (Å²) in [4.78, 5) is 36.5. The third kappa shape index (κ3) is 5.26. The zero-order chi connectivity index (χ0) is 18.5. The van der Waals surface area contributed by atoms with Crippen molar-refractivity contribution >= 4 is 17.7 Å². The molecule has 0 spiro atoms. The highest BCUT2D eigenvalue weighted by atomic mass is 16.6. The van der Waals surface area contributed by atoms with Gasteiger partial charge in [0, 0.05) is 6.20 Å². The third-order valence-electron chi connectivity index (χ3n) is 3.01. The standard InChI is InChI=1S/C17H24N2O5/c1-7-8-13(15(21)23-6)19-10-11(2)9-12(14(19)20)18-16(22)24-17(3,4)5/h7,9-10,13H,1,8H2,2-6H3,(H,18,22)/t13-/m0/s1. The van der Waals surface area contributed by atoms with Gasteiger partial charge in [0.25, 0.3) is 5.56 Å². The molecule has 0 unspecified atom stereocenters. The van der Waals surface area contributed by atoms with Crippen molar-refractivity contribution in [1.29, 1.82) is 0 Å². The van der Waals surface area contributed by atoms with E-state index in [4.69, 9.17) is 9.47 Å². The topological polar surface area (TPSA) is 86.6 Å². The van der Waals surface area contributed by atoms with Crippen molar-refractivity contribution in [2.24, 2.45) is 0 Å². The molecule has 0 aliphatic rings. The summed E-state index contributed by atoms with van der Waals surface area (Å²) < 4.78 is 11.1. The zero-order valence-corrected chi connectivity index (χ0v) is 14.7. The number of esters is 1. The lowest BCUT2D eigenvalue weighted by Gasteiger charge is -2.21. The number of carbonyl (C=O) groups is 2. The first kappa shape index (κ1) is 19.5. The minimum atomic E-state index is -0.848. The molecule has 0 saturated heterocycles. The fourth-order valence-electron chi connectivity index (χ4n) is 2.10. The summed E-state index contributed by atoms with van der Waals surface area (Å²) in [7, 11) is 1.25. The van der Waals surface area contributed by atoms with Gasteiger partial charge in [0.05, 0.1) is 7.11 Å². The number of aryl methyl sites for hydroxylation is 1. The van der Waals surface area contributed by atoms with E-state index >= 15 is 0 Å². The maximum atomic E-state index is 12.6. The second kappa shape index (κ2) is 7.81. The number of nitrogens with one attached hydrogen (secondary N) is 1. The number of allylic oxidation sites excluding steroid dienone is 1. The number of ether oxygens (including phenoxy) is 2. The molecule has 1 rings (SSSR count). The number of aromatic nitrogens is 1. The molecule has 0 saturated carbocycles. The van der Waals surface area contributed by atoms with E-state index in [0.29, 0.717) is 5.56 Å². The molecule has 1 aromatic heterocycles. The molecule has 7 nitrogen and oxygen atoms in total. The minimum Gasteiger partial charge on any atom is -0.467 e. The molecule has 1 heterocycles. The Hall–Kier alpha value is -2.57. The van der Waals surface area contributed by atoms with Crippen molar-refractivity contribution < 1.29 is 19.1 Å². The number of rotatable bonds is 5. The molecule has 1 N–H and O–H groups in total. The molecule has 1 atom stereocenters. The number of carbonyl (C=O) groups excluding carboxylic acids is 2. The molecule has 0 aliphatic carbocycles. The third-order valence-corrected chi connectivity index (χ3v) is 3.01. The summed E-state index contributed by atoms with van der Waals surface area (Å²) in [6.07, 6.45) is 2.54. The molecule has 1 amide bonds. The lowest BCUT2D eigenvalue weighted by molar-refractivity contribution is -0.144. The van der Waals surface area contributed by atoms with E-state index in [0.717, 1.165) is 0 Å². The van der Waals surface area contributed by atoms with Crippen LogP contribution in [0.15, 0.2) is 29.7 Å². The highest BCUT2D eigenvalue weighted by Gasteiger charge is 2.23. The largest absolute Gasteiger partial charge is 0.467 e. The van der Waals surface area contributed by atoms with Crippen molar-refractivity contribution in [3.63, 3.8) is 0 Å². The van der Waals surface area contributed by atoms with Crippen LogP contribution in [0.3, 0.4) is 0 Å². The molecule has 1 aromatic rings. The maximum Gasteiger partial charge on any atom is 0.412 e. The number of nitrogens with zero attached hydrogens (tertiary/aromatic N) is 1. The van der Waals surface area contributed by atoms with Crippen LogP contribution in [0.5, 0.6) is 0 Å². The van der Waals surface area contributed by atoms with Crippen LogP contribution in [-0.4, -0.2) is 29.3 Å². The fraction of sp³-hybridized carbons (Fsp3) is 0.471. The van der Waals surface area contributed by atoms with Crippen LogP contribution in [0, 0.1) is 6.92 Å². The zero-order valence-electron chi connectivity index (χ0n) is 14.7. The normalized spacial score (nSPS) is 12.2. The average Bonchev–Trinajstić information content (AvgIpc) is 2.45. The Morgan fingerprint density at radius 1 is 1.42 bits per heavy atom. The molecular weight excluding hydrogens is 312 g/mol. The van der Waals surface area contributed by atoms with Gasteiger partial charge < -0.3 is 9.47 Å². The smallest absolute Gasteiger partial charge is 0.412 e. The Kier molecular flexibility index (Phi) is 6.34. The Labute approximate surface area is 141 Å². The lowest BCUT2D eigenvalue weighted by Crippen LogP contribution is -2.34. The molecule has 0 bridgehead atoms. The quantitative estimate of drug-likeness (QED) is 0.660. The van der Waals surface area contributed by atoms with Gasteiger partial charge >= 0.3 is 12.1 Å². The second-order valence-electron chi connectivity index (χ2n) is 6.33. The summed E-state index contributed by atoms with van der Waals surface area (Å²) in [6.45, 7) is 10.5. The van der Waals surface area contributed by atoms with Crippen LogP contribution in [0.4, 0.5) is 10.5 Å². The van der Waals surface area contributed by atoms with E-state index in [1.54, 1.807) is 27.7 Å². The van der Waals surface area contributed by atoms with Gasteiger partial charge in [-0.2, -0.15) is 0 Å². The van der Waals surface area contributed by atoms with Crippen molar-refractivity contribution in [2.45, 2.75) is 45.8 Å². The molecule has 24 heavy (non-hydrogen) atoms. The summed E-state index contributed by atoms with van der Waals surface area (Å²) in [5.41, 5.74) is -0.492. The molecule has 0 radical (unpaired) electrons. The van der Waals surface area contributed by atoms with Crippen LogP contribution in [0.25, 0.3) is 0 Å². The van der Waals surface area contributed by atoms with E-state index < -0.39 is 29.3 Å². The van der Waals surface area contributed by atoms with Crippen molar-refractivity contribution in [3.8, 4) is 0 Å². The fourth-order valence-corrected chi connectivity index (χ4v) is 2.10. The molecule has 7 heteroatoms. The predicted octanol–water partition coefficient (Wildman–Crippen LogP) is 2.79. The van der Waals surface area contributed by atoms with Gasteiger partial charge in [-0.05, 0) is 45.7 Å². The number of methoxy groups -OCH3 is 1.